The maximum absolute atomic E-state index is 5.22. The van der Waals surface area contributed by atoms with E-state index in [-0.39, 0.29) is 0 Å². The van der Waals surface area contributed by atoms with Gasteiger partial charge in [-0.2, -0.15) is 11.8 Å². The van der Waals surface area contributed by atoms with Gasteiger partial charge in [-0.15, -0.1) is 10.2 Å². The highest BCUT2D eigenvalue weighted by Crippen LogP contribution is 2.23. The third kappa shape index (κ3) is 3.99. The normalized spacial score (nSPS) is 10.6. The molecule has 2 rings (SSSR count). The Hall–Kier alpha value is -1.49. The number of hydrogen-bond donors (Lipinski definition) is 1. The van der Waals surface area contributed by atoms with Gasteiger partial charge in [-0.05, 0) is 42.5 Å². The minimum Gasteiger partial charge on any atom is -0.423 e. The lowest BCUT2D eigenvalue weighted by Gasteiger charge is -2.10. The molecule has 1 N–H and O–H groups in total. The van der Waals surface area contributed by atoms with Gasteiger partial charge >= 0.3 is 0 Å². The molecule has 0 atom stereocenters. The van der Waals surface area contributed by atoms with Crippen molar-refractivity contribution < 1.29 is 4.42 Å². The van der Waals surface area contributed by atoms with Crippen LogP contribution in [0.2, 0.25) is 0 Å². The van der Waals surface area contributed by atoms with E-state index in [1.54, 1.807) is 0 Å². The second-order valence-corrected chi connectivity index (χ2v) is 5.64. The Labute approximate surface area is 118 Å². The fourth-order valence-corrected chi connectivity index (χ4v) is 2.42. The van der Waals surface area contributed by atoms with Gasteiger partial charge in [0.1, 0.15) is 0 Å². The van der Waals surface area contributed by atoms with E-state index in [2.05, 4.69) is 41.5 Å². The summed E-state index contributed by atoms with van der Waals surface area (Å²) in [6, 6.07) is 6.14. The Kier molecular flexibility index (Phi) is 5.27. The predicted molar refractivity (Wildman–Crippen MR) is 80.6 cm³/mol. The van der Waals surface area contributed by atoms with Crippen molar-refractivity contribution >= 4 is 17.4 Å². The van der Waals surface area contributed by atoms with E-state index in [0.717, 1.165) is 17.8 Å². The molecule has 0 aliphatic heterocycles. The molecule has 4 nitrogen and oxygen atoms in total. The summed E-state index contributed by atoms with van der Waals surface area (Å²) in [5.41, 5.74) is 3.32. The minimum absolute atomic E-state index is 0.560. The Balaban J connectivity index is 1.98. The zero-order valence-corrected chi connectivity index (χ0v) is 12.2. The van der Waals surface area contributed by atoms with E-state index in [1.165, 1.54) is 29.9 Å². The van der Waals surface area contributed by atoms with Crippen LogP contribution >= 0.6 is 11.8 Å². The maximum Gasteiger partial charge on any atom is 0.247 e. The van der Waals surface area contributed by atoms with Gasteiger partial charge in [-0.25, -0.2) is 0 Å². The largest absolute Gasteiger partial charge is 0.423 e. The van der Waals surface area contributed by atoms with Gasteiger partial charge in [-0.3, -0.25) is 0 Å². The second kappa shape index (κ2) is 7.19. The summed E-state index contributed by atoms with van der Waals surface area (Å²) in [5, 5.41) is 11.1. The minimum atomic E-state index is 0.560. The number of anilines is 1. The monoisotopic (exact) mass is 277 g/mol. The van der Waals surface area contributed by atoms with Crippen LogP contribution in [0.5, 0.6) is 0 Å². The van der Waals surface area contributed by atoms with Gasteiger partial charge in [0.15, 0.2) is 0 Å². The molecule has 102 valence electrons. The van der Waals surface area contributed by atoms with Gasteiger partial charge in [0.05, 0.1) is 0 Å². The number of aryl methyl sites for hydroxylation is 1. The van der Waals surface area contributed by atoms with Crippen LogP contribution in [0.15, 0.2) is 29.0 Å². The number of aromatic nitrogens is 2. The van der Waals surface area contributed by atoms with Crippen LogP contribution in [0.25, 0.3) is 11.5 Å². The van der Waals surface area contributed by atoms with E-state index in [0.29, 0.717) is 5.89 Å². The average Bonchev–Trinajstić information content (AvgIpc) is 2.94. The molecule has 0 fully saturated rings. The molecule has 0 aliphatic carbocycles. The Bertz CT molecular complexity index is 499. The van der Waals surface area contributed by atoms with Gasteiger partial charge in [0, 0.05) is 17.8 Å². The van der Waals surface area contributed by atoms with Crippen molar-refractivity contribution in [3.63, 3.8) is 0 Å². The van der Waals surface area contributed by atoms with Crippen molar-refractivity contribution in [3.05, 3.63) is 30.2 Å². The highest BCUT2D eigenvalue weighted by atomic mass is 32.2. The Morgan fingerprint density at radius 3 is 3.00 bits per heavy atom. The summed E-state index contributed by atoms with van der Waals surface area (Å²) >= 11 is 1.98. The summed E-state index contributed by atoms with van der Waals surface area (Å²) in [4.78, 5) is 0. The third-order valence-corrected chi connectivity index (χ3v) is 3.82. The van der Waals surface area contributed by atoms with Crippen molar-refractivity contribution in [1.82, 2.24) is 10.2 Å². The first-order valence-corrected chi connectivity index (χ1v) is 7.65. The van der Waals surface area contributed by atoms with E-state index in [9.17, 15) is 0 Å². The van der Waals surface area contributed by atoms with Crippen LogP contribution in [-0.4, -0.2) is 28.2 Å². The molecular weight excluding hydrogens is 258 g/mol. The summed E-state index contributed by atoms with van der Waals surface area (Å²) < 4.78 is 5.22. The van der Waals surface area contributed by atoms with E-state index >= 15 is 0 Å². The summed E-state index contributed by atoms with van der Waals surface area (Å²) in [5.74, 6) is 2.95. The molecule has 0 amide bonds. The first kappa shape index (κ1) is 13.9. The van der Waals surface area contributed by atoms with E-state index in [4.69, 9.17) is 4.42 Å². The summed E-state index contributed by atoms with van der Waals surface area (Å²) in [6.45, 7) is 5.28. The predicted octanol–water partition coefficient (Wildman–Crippen LogP) is 3.60. The van der Waals surface area contributed by atoms with Crippen molar-refractivity contribution in [2.75, 3.05) is 23.4 Å². The summed E-state index contributed by atoms with van der Waals surface area (Å²) in [6.07, 6.45) is 2.52. The lowest BCUT2D eigenvalue weighted by atomic mass is 10.1. The molecule has 0 aliphatic rings. The van der Waals surface area contributed by atoms with Crippen molar-refractivity contribution in [1.29, 1.82) is 0 Å². The van der Waals surface area contributed by atoms with Gasteiger partial charge in [0.2, 0.25) is 12.3 Å². The molecule has 1 aromatic carbocycles. The zero-order chi connectivity index (χ0) is 13.5. The smallest absolute Gasteiger partial charge is 0.247 e. The van der Waals surface area contributed by atoms with Gasteiger partial charge in [0.25, 0.3) is 0 Å². The zero-order valence-electron chi connectivity index (χ0n) is 11.3. The quantitative estimate of drug-likeness (QED) is 0.784. The highest BCUT2D eigenvalue weighted by Gasteiger charge is 2.06. The summed E-state index contributed by atoms with van der Waals surface area (Å²) in [7, 11) is 0. The molecule has 0 saturated carbocycles. The number of nitrogens with zero attached hydrogens (tertiary/aromatic N) is 2. The van der Waals surface area contributed by atoms with Gasteiger partial charge < -0.3 is 9.73 Å². The van der Waals surface area contributed by atoms with Gasteiger partial charge in [-0.1, -0.05) is 13.0 Å². The number of hydrogen-bond acceptors (Lipinski definition) is 5. The molecule has 0 radical (unpaired) electrons. The number of thioether (sulfide) groups is 1. The number of benzene rings is 1. The molecular formula is C14H19N3OS. The lowest BCUT2D eigenvalue weighted by molar-refractivity contribution is 0.568. The first-order chi connectivity index (χ1) is 9.31. The number of rotatable bonds is 7. The molecule has 0 spiro atoms. The topological polar surface area (TPSA) is 51.0 Å². The van der Waals surface area contributed by atoms with E-state index in [1.807, 2.05) is 17.8 Å². The first-order valence-electron chi connectivity index (χ1n) is 6.50. The lowest BCUT2D eigenvalue weighted by Crippen LogP contribution is -2.04. The van der Waals surface area contributed by atoms with Crippen LogP contribution in [0, 0.1) is 6.92 Å². The van der Waals surface area contributed by atoms with E-state index < -0.39 is 0 Å². The van der Waals surface area contributed by atoms with Crippen LogP contribution < -0.4 is 5.32 Å². The van der Waals surface area contributed by atoms with Crippen LogP contribution in [0.3, 0.4) is 0 Å². The molecule has 1 heterocycles. The maximum atomic E-state index is 5.22. The van der Waals surface area contributed by atoms with Crippen LogP contribution in [0.1, 0.15) is 18.9 Å². The Morgan fingerprint density at radius 1 is 1.37 bits per heavy atom. The third-order valence-electron chi connectivity index (χ3n) is 2.83. The molecule has 5 heteroatoms. The number of nitrogens with one attached hydrogen (secondary N) is 1. The van der Waals surface area contributed by atoms with Crippen molar-refractivity contribution in [3.8, 4) is 11.5 Å². The average molecular weight is 277 g/mol. The Morgan fingerprint density at radius 2 is 2.26 bits per heavy atom. The van der Waals surface area contributed by atoms with Crippen LogP contribution in [-0.2, 0) is 0 Å². The van der Waals surface area contributed by atoms with Crippen LogP contribution in [0.4, 0.5) is 5.69 Å². The molecule has 2 aromatic rings. The highest BCUT2D eigenvalue weighted by molar-refractivity contribution is 7.99. The SMILES string of the molecule is CCSCCCNc1cc(-c2nnco2)ccc1C. The molecule has 19 heavy (non-hydrogen) atoms. The fraction of sp³-hybridized carbons (Fsp3) is 0.429. The van der Waals surface area contributed by atoms with Crippen molar-refractivity contribution in [2.45, 2.75) is 20.3 Å². The molecule has 0 bridgehead atoms. The molecule has 0 saturated heterocycles. The molecule has 0 unspecified atom stereocenters. The molecule has 1 aromatic heterocycles. The second-order valence-electron chi connectivity index (χ2n) is 4.25. The standard InChI is InChI=1S/C14H19N3OS/c1-3-19-8-4-7-15-13-9-12(6-5-11(13)2)14-17-16-10-18-14/h5-6,9-10,15H,3-4,7-8H2,1-2H3. The van der Waals surface area contributed by atoms with Crippen molar-refractivity contribution in [2.24, 2.45) is 0 Å². The fourth-order valence-electron chi connectivity index (χ4n) is 1.79.